The molecule has 0 aliphatic carbocycles. The highest BCUT2D eigenvalue weighted by atomic mass is 16.5. The van der Waals surface area contributed by atoms with Crippen molar-refractivity contribution in [3.05, 3.63) is 68.9 Å². The number of nitrogens with zero attached hydrogens (tertiary/aromatic N) is 4. The van der Waals surface area contributed by atoms with Gasteiger partial charge in [0.25, 0.3) is 11.6 Å². The van der Waals surface area contributed by atoms with E-state index in [1.54, 1.807) is 11.6 Å². The molecule has 0 unspecified atom stereocenters. The minimum absolute atomic E-state index is 0.288. The van der Waals surface area contributed by atoms with Crippen LogP contribution in [0.4, 0.5) is 0 Å². The van der Waals surface area contributed by atoms with Crippen molar-refractivity contribution in [2.24, 2.45) is 14.1 Å². The van der Waals surface area contributed by atoms with E-state index in [4.69, 9.17) is 9.47 Å². The molecule has 0 aliphatic rings. The first kappa shape index (κ1) is 19.9. The number of aryl methyl sites for hydroxylation is 1. The lowest BCUT2D eigenvalue weighted by atomic mass is 10.0. The first-order chi connectivity index (χ1) is 14.5. The number of imidazole rings is 1. The molecule has 0 spiro atoms. The summed E-state index contributed by atoms with van der Waals surface area (Å²) in [6.45, 7) is 3.58. The minimum Gasteiger partial charge on any atom is -0.462 e. The monoisotopic (exact) mass is 408 g/mol. The smallest absolute Gasteiger partial charge is 0.332 e. The number of fused-ring (bicyclic) bond motifs is 2. The Labute approximate surface area is 172 Å². The molecule has 8 nitrogen and oxygen atoms in total. The van der Waals surface area contributed by atoms with Gasteiger partial charge < -0.3 is 9.47 Å². The summed E-state index contributed by atoms with van der Waals surface area (Å²) in [5.41, 5.74) is 0.829. The summed E-state index contributed by atoms with van der Waals surface area (Å²) < 4.78 is 15.4. The van der Waals surface area contributed by atoms with Gasteiger partial charge in [-0.05, 0) is 23.3 Å². The first-order valence-corrected chi connectivity index (χ1v) is 9.86. The predicted octanol–water partition coefficient (Wildman–Crippen LogP) is 2.05. The molecule has 0 fully saturated rings. The lowest BCUT2D eigenvalue weighted by molar-refractivity contribution is 0.105. The Morgan fingerprint density at radius 3 is 2.53 bits per heavy atom. The van der Waals surface area contributed by atoms with Crippen LogP contribution >= 0.6 is 0 Å². The van der Waals surface area contributed by atoms with Gasteiger partial charge in [0.2, 0.25) is 0 Å². The molecule has 8 heteroatoms. The van der Waals surface area contributed by atoms with E-state index in [-0.39, 0.29) is 6.01 Å². The summed E-state index contributed by atoms with van der Waals surface area (Å²) in [6.07, 6.45) is 0. The van der Waals surface area contributed by atoms with Crippen molar-refractivity contribution in [1.29, 1.82) is 0 Å². The molecule has 156 valence electrons. The number of hydrogen-bond acceptors (Lipinski definition) is 5. The van der Waals surface area contributed by atoms with Gasteiger partial charge in [-0.1, -0.05) is 42.5 Å². The van der Waals surface area contributed by atoms with E-state index in [1.807, 2.05) is 49.4 Å². The molecule has 0 radical (unpaired) electrons. The van der Waals surface area contributed by atoms with Crippen molar-refractivity contribution in [3.8, 4) is 6.01 Å². The number of ether oxygens (including phenoxy) is 2. The number of hydrogen-bond donors (Lipinski definition) is 0. The summed E-state index contributed by atoms with van der Waals surface area (Å²) in [4.78, 5) is 29.8. The maximum Gasteiger partial charge on any atom is 0.332 e. The maximum atomic E-state index is 13.0. The largest absolute Gasteiger partial charge is 0.462 e. The molecule has 4 aromatic rings. The third kappa shape index (κ3) is 3.39. The van der Waals surface area contributed by atoms with E-state index < -0.39 is 11.2 Å². The fourth-order valence-corrected chi connectivity index (χ4v) is 3.62. The molecule has 0 saturated heterocycles. The van der Waals surface area contributed by atoms with Crippen LogP contribution in [-0.4, -0.2) is 38.5 Å². The van der Waals surface area contributed by atoms with Crippen molar-refractivity contribution in [2.75, 3.05) is 19.8 Å². The summed E-state index contributed by atoms with van der Waals surface area (Å²) in [7, 11) is 3.07. The molecule has 0 bridgehead atoms. The van der Waals surface area contributed by atoms with Crippen molar-refractivity contribution in [2.45, 2.75) is 13.5 Å². The standard InChI is InChI=1S/C22H24N4O4/c1-4-29-12-13-30-21-23-19-18(20(27)25(3)22(28)24(19)2)26(21)14-16-10-7-9-15-8-5-6-11-17(15)16/h5-11H,4,12-14H2,1-3H3. The molecular formula is C22H24N4O4. The van der Waals surface area contributed by atoms with Crippen LogP contribution in [0.1, 0.15) is 12.5 Å². The lowest BCUT2D eigenvalue weighted by Crippen LogP contribution is -2.37. The Kier molecular flexibility index (Phi) is 5.41. The Morgan fingerprint density at radius 2 is 1.73 bits per heavy atom. The van der Waals surface area contributed by atoms with Crippen LogP contribution in [0.3, 0.4) is 0 Å². The molecule has 2 heterocycles. The van der Waals surface area contributed by atoms with Gasteiger partial charge >= 0.3 is 5.69 Å². The molecule has 0 amide bonds. The van der Waals surface area contributed by atoms with Crippen LogP contribution < -0.4 is 16.0 Å². The predicted molar refractivity (Wildman–Crippen MR) is 115 cm³/mol. The molecule has 0 N–H and O–H groups in total. The molecular weight excluding hydrogens is 384 g/mol. The Morgan fingerprint density at radius 1 is 0.967 bits per heavy atom. The van der Waals surface area contributed by atoms with Gasteiger partial charge in [-0.2, -0.15) is 4.98 Å². The van der Waals surface area contributed by atoms with Crippen molar-refractivity contribution >= 4 is 21.9 Å². The number of rotatable bonds is 7. The van der Waals surface area contributed by atoms with Gasteiger partial charge in [-0.3, -0.25) is 18.5 Å². The first-order valence-electron chi connectivity index (χ1n) is 9.86. The highest BCUT2D eigenvalue weighted by molar-refractivity contribution is 5.86. The van der Waals surface area contributed by atoms with Crippen LogP contribution in [0.2, 0.25) is 0 Å². The Balaban J connectivity index is 1.89. The van der Waals surface area contributed by atoms with E-state index in [0.29, 0.717) is 37.5 Å². The fourth-order valence-electron chi connectivity index (χ4n) is 3.62. The lowest BCUT2D eigenvalue weighted by Gasteiger charge is -2.12. The average Bonchev–Trinajstić information content (AvgIpc) is 3.12. The highest BCUT2D eigenvalue weighted by Gasteiger charge is 2.20. The Bertz CT molecular complexity index is 1330. The second-order valence-corrected chi connectivity index (χ2v) is 7.04. The van der Waals surface area contributed by atoms with E-state index in [9.17, 15) is 9.59 Å². The average molecular weight is 408 g/mol. The normalized spacial score (nSPS) is 11.4. The van der Waals surface area contributed by atoms with Crippen LogP contribution in [0, 0.1) is 0 Å². The summed E-state index contributed by atoms with van der Waals surface area (Å²) in [6, 6.07) is 14.4. The molecule has 4 rings (SSSR count). The zero-order chi connectivity index (χ0) is 21.3. The second kappa shape index (κ2) is 8.16. The molecule has 2 aromatic carbocycles. The summed E-state index contributed by atoms with van der Waals surface area (Å²) in [5.74, 6) is 0. The van der Waals surface area contributed by atoms with Crippen molar-refractivity contribution in [3.63, 3.8) is 0 Å². The topological polar surface area (TPSA) is 80.3 Å². The van der Waals surface area contributed by atoms with Crippen molar-refractivity contribution in [1.82, 2.24) is 18.7 Å². The van der Waals surface area contributed by atoms with Gasteiger partial charge in [0.1, 0.15) is 6.61 Å². The molecule has 0 aliphatic heterocycles. The third-order valence-corrected chi connectivity index (χ3v) is 5.18. The molecule has 0 saturated carbocycles. The summed E-state index contributed by atoms with van der Waals surface area (Å²) >= 11 is 0. The highest BCUT2D eigenvalue weighted by Crippen LogP contribution is 2.24. The van der Waals surface area contributed by atoms with Gasteiger partial charge in [0.15, 0.2) is 11.2 Å². The van der Waals surface area contributed by atoms with E-state index >= 15 is 0 Å². The van der Waals surface area contributed by atoms with E-state index in [1.165, 1.54) is 11.6 Å². The Hall–Kier alpha value is -3.39. The van der Waals surface area contributed by atoms with Gasteiger partial charge in [0.05, 0.1) is 13.2 Å². The van der Waals surface area contributed by atoms with Gasteiger partial charge in [-0.15, -0.1) is 0 Å². The molecule has 30 heavy (non-hydrogen) atoms. The number of benzene rings is 2. The zero-order valence-electron chi connectivity index (χ0n) is 17.3. The number of aromatic nitrogens is 4. The quantitative estimate of drug-likeness (QED) is 0.437. The van der Waals surface area contributed by atoms with Crippen molar-refractivity contribution < 1.29 is 9.47 Å². The van der Waals surface area contributed by atoms with Crippen LogP contribution in [0.5, 0.6) is 6.01 Å². The van der Waals surface area contributed by atoms with E-state index in [0.717, 1.165) is 20.9 Å². The van der Waals surface area contributed by atoms with E-state index in [2.05, 4.69) is 4.98 Å². The van der Waals surface area contributed by atoms with Gasteiger partial charge in [0, 0.05) is 20.7 Å². The summed E-state index contributed by atoms with van der Waals surface area (Å²) in [5, 5.41) is 2.20. The van der Waals surface area contributed by atoms with Crippen LogP contribution in [0.15, 0.2) is 52.1 Å². The maximum absolute atomic E-state index is 13.0. The second-order valence-electron chi connectivity index (χ2n) is 7.04. The zero-order valence-corrected chi connectivity index (χ0v) is 17.3. The molecule has 0 atom stereocenters. The van der Waals surface area contributed by atoms with Gasteiger partial charge in [-0.25, -0.2) is 4.79 Å². The molecule has 2 aromatic heterocycles. The SMILES string of the molecule is CCOCCOc1nc2c(c(=O)n(C)c(=O)n2C)n1Cc1cccc2ccccc12. The minimum atomic E-state index is -0.428. The van der Waals surface area contributed by atoms with Crippen LogP contribution in [0.25, 0.3) is 21.9 Å². The fraction of sp³-hybridized carbons (Fsp3) is 0.318. The third-order valence-electron chi connectivity index (χ3n) is 5.18. The van der Waals surface area contributed by atoms with Crippen LogP contribution in [-0.2, 0) is 25.4 Å².